The van der Waals surface area contributed by atoms with Crippen LogP contribution >= 0.6 is 23.4 Å². The summed E-state index contributed by atoms with van der Waals surface area (Å²) in [7, 11) is -3.90. The molecule has 1 fully saturated rings. The van der Waals surface area contributed by atoms with Gasteiger partial charge in [-0.2, -0.15) is 0 Å². The Hall–Kier alpha value is -3.12. The van der Waals surface area contributed by atoms with Gasteiger partial charge in [0.25, 0.3) is 0 Å². The number of carbonyl (C=O) groups is 1. The molecule has 37 heavy (non-hydrogen) atoms. The number of nitrogen functional groups attached to an aromatic ring is 1. The Morgan fingerprint density at radius 3 is 2.46 bits per heavy atom. The van der Waals surface area contributed by atoms with Gasteiger partial charge < -0.3 is 11.1 Å². The summed E-state index contributed by atoms with van der Waals surface area (Å²) in [6.07, 6.45) is 2.40. The number of anilines is 2. The standard InChI is InChI=1S/C23H21ClN6O3S2.C2H6/c24-18-11-14(35(26,32)33)7-9-19(18)27-21(31)12-34-23-29-28-22(25)30(23)20-10-8-15(13-5-6-13)16-3-1-2-4-17(16)20;1-2/h1-4,7-11,13H,5-6,12H2,(H2,25,28)(H,27,31)(H2,26,32,33);1-2H3. The summed E-state index contributed by atoms with van der Waals surface area (Å²) in [5, 5.41) is 18.7. The van der Waals surface area contributed by atoms with Crippen LogP contribution in [0.1, 0.15) is 38.2 Å². The maximum Gasteiger partial charge on any atom is 0.238 e. The van der Waals surface area contributed by atoms with Gasteiger partial charge in [0.05, 0.1) is 27.0 Å². The number of sulfonamides is 1. The van der Waals surface area contributed by atoms with Gasteiger partial charge in [-0.3, -0.25) is 9.36 Å². The lowest BCUT2D eigenvalue weighted by atomic mass is 9.99. The van der Waals surface area contributed by atoms with Crippen molar-refractivity contribution >= 4 is 61.7 Å². The highest BCUT2D eigenvalue weighted by Gasteiger charge is 2.26. The van der Waals surface area contributed by atoms with Gasteiger partial charge in [-0.25, -0.2) is 13.6 Å². The molecule has 1 heterocycles. The number of nitrogens with zero attached hydrogens (tertiary/aromatic N) is 3. The number of aromatic nitrogens is 3. The number of halogens is 1. The van der Waals surface area contributed by atoms with Crippen molar-refractivity contribution < 1.29 is 13.2 Å². The van der Waals surface area contributed by atoms with Crippen molar-refractivity contribution in [3.05, 3.63) is 65.2 Å². The number of fused-ring (bicyclic) bond motifs is 1. The average Bonchev–Trinajstić information content (AvgIpc) is 3.66. The lowest BCUT2D eigenvalue weighted by Gasteiger charge is -2.14. The van der Waals surface area contributed by atoms with Crippen LogP contribution in [-0.2, 0) is 14.8 Å². The van der Waals surface area contributed by atoms with E-state index in [9.17, 15) is 13.2 Å². The third-order valence-electron chi connectivity index (χ3n) is 5.73. The number of hydrogen-bond acceptors (Lipinski definition) is 7. The minimum atomic E-state index is -3.90. The fraction of sp³-hybridized carbons (Fsp3) is 0.240. The van der Waals surface area contributed by atoms with Crippen molar-refractivity contribution in [1.82, 2.24) is 14.8 Å². The quantitative estimate of drug-likeness (QED) is 0.272. The van der Waals surface area contributed by atoms with E-state index in [1.165, 1.54) is 53.8 Å². The molecule has 0 aliphatic heterocycles. The van der Waals surface area contributed by atoms with E-state index in [-0.39, 0.29) is 33.2 Å². The molecule has 1 aliphatic carbocycles. The lowest BCUT2D eigenvalue weighted by molar-refractivity contribution is -0.113. The predicted molar refractivity (Wildman–Crippen MR) is 149 cm³/mol. The first-order valence-electron chi connectivity index (χ1n) is 11.7. The zero-order valence-corrected chi connectivity index (χ0v) is 22.7. The first kappa shape index (κ1) is 26.9. The number of primary sulfonamides is 1. The van der Waals surface area contributed by atoms with Crippen LogP contribution in [0.2, 0.25) is 5.02 Å². The zero-order chi connectivity index (χ0) is 26.7. The number of nitrogens with two attached hydrogens (primary N) is 2. The fourth-order valence-corrected chi connectivity index (χ4v) is 5.53. The monoisotopic (exact) mass is 558 g/mol. The van der Waals surface area contributed by atoms with Gasteiger partial charge >= 0.3 is 0 Å². The van der Waals surface area contributed by atoms with Crippen LogP contribution in [0.4, 0.5) is 11.6 Å². The van der Waals surface area contributed by atoms with Crippen LogP contribution < -0.4 is 16.2 Å². The number of carbonyl (C=O) groups excluding carboxylic acids is 1. The summed E-state index contributed by atoms with van der Waals surface area (Å²) in [6.45, 7) is 4.00. The molecule has 0 radical (unpaired) electrons. The Morgan fingerprint density at radius 1 is 1.11 bits per heavy atom. The summed E-state index contributed by atoms with van der Waals surface area (Å²) in [5.41, 5.74) is 8.62. The van der Waals surface area contributed by atoms with Crippen LogP contribution in [0, 0.1) is 0 Å². The molecule has 9 nitrogen and oxygen atoms in total. The number of thioether (sulfide) groups is 1. The van der Waals surface area contributed by atoms with Gasteiger partial charge in [0, 0.05) is 5.39 Å². The van der Waals surface area contributed by atoms with E-state index in [2.05, 4.69) is 27.6 Å². The normalized spacial score (nSPS) is 13.2. The fourth-order valence-electron chi connectivity index (χ4n) is 3.94. The van der Waals surface area contributed by atoms with E-state index in [4.69, 9.17) is 22.5 Å². The van der Waals surface area contributed by atoms with Crippen LogP contribution in [0.3, 0.4) is 0 Å². The summed E-state index contributed by atoms with van der Waals surface area (Å²) >= 11 is 7.29. The number of benzene rings is 3. The molecule has 1 amide bonds. The second-order valence-corrected chi connectivity index (χ2v) is 11.1. The molecule has 0 unspecified atom stereocenters. The highest BCUT2D eigenvalue weighted by Crippen LogP contribution is 2.44. The summed E-state index contributed by atoms with van der Waals surface area (Å²) < 4.78 is 24.7. The molecule has 0 spiro atoms. The van der Waals surface area contributed by atoms with E-state index in [0.717, 1.165) is 11.1 Å². The van der Waals surface area contributed by atoms with E-state index in [1.54, 1.807) is 4.57 Å². The van der Waals surface area contributed by atoms with Gasteiger partial charge in [-0.1, -0.05) is 67.5 Å². The first-order chi connectivity index (χ1) is 17.7. The van der Waals surface area contributed by atoms with Crippen molar-refractivity contribution in [3.8, 4) is 5.69 Å². The summed E-state index contributed by atoms with van der Waals surface area (Å²) in [4.78, 5) is 12.5. The maximum atomic E-state index is 12.6. The number of nitrogens with one attached hydrogen (secondary N) is 1. The largest absolute Gasteiger partial charge is 0.368 e. The minimum Gasteiger partial charge on any atom is -0.368 e. The molecule has 0 bridgehead atoms. The smallest absolute Gasteiger partial charge is 0.238 e. The average molecular weight is 559 g/mol. The van der Waals surface area contributed by atoms with E-state index >= 15 is 0 Å². The van der Waals surface area contributed by atoms with Gasteiger partial charge in [0.15, 0.2) is 5.16 Å². The molecule has 0 saturated heterocycles. The van der Waals surface area contributed by atoms with Gasteiger partial charge in [-0.15, -0.1) is 10.2 Å². The van der Waals surface area contributed by atoms with Crippen LogP contribution in [0.15, 0.2) is 64.6 Å². The summed E-state index contributed by atoms with van der Waals surface area (Å²) in [5.74, 6) is 0.459. The summed E-state index contributed by atoms with van der Waals surface area (Å²) in [6, 6.07) is 16.2. The Balaban J connectivity index is 0.00000156. The van der Waals surface area contributed by atoms with Crippen molar-refractivity contribution in [1.29, 1.82) is 0 Å². The van der Waals surface area contributed by atoms with Crippen molar-refractivity contribution in [3.63, 3.8) is 0 Å². The molecule has 3 aromatic carbocycles. The predicted octanol–water partition coefficient (Wildman–Crippen LogP) is 4.94. The van der Waals surface area contributed by atoms with Crippen LogP contribution in [0.25, 0.3) is 16.5 Å². The van der Waals surface area contributed by atoms with Crippen molar-refractivity contribution in [2.75, 3.05) is 16.8 Å². The molecular formula is C25H27ClN6O3S2. The lowest BCUT2D eigenvalue weighted by Crippen LogP contribution is -2.16. The SMILES string of the molecule is CC.Nc1nnc(SCC(=O)Nc2ccc(S(N)(=O)=O)cc2Cl)n1-c1ccc(C2CC2)c2ccccc12. The highest BCUT2D eigenvalue weighted by atomic mass is 35.5. The Morgan fingerprint density at radius 2 is 1.81 bits per heavy atom. The molecule has 1 saturated carbocycles. The van der Waals surface area contributed by atoms with Gasteiger partial charge in [0.1, 0.15) is 0 Å². The first-order valence-corrected chi connectivity index (χ1v) is 14.6. The van der Waals surface area contributed by atoms with Crippen LogP contribution in [-0.4, -0.2) is 34.8 Å². The van der Waals surface area contributed by atoms with E-state index < -0.39 is 10.0 Å². The highest BCUT2D eigenvalue weighted by molar-refractivity contribution is 7.99. The molecular weight excluding hydrogens is 532 g/mol. The molecule has 12 heteroatoms. The van der Waals surface area contributed by atoms with E-state index in [0.29, 0.717) is 11.1 Å². The maximum absolute atomic E-state index is 12.6. The molecule has 194 valence electrons. The third-order valence-corrected chi connectivity index (χ3v) is 7.88. The second kappa shape index (κ2) is 11.1. The molecule has 4 aromatic rings. The molecule has 1 aliphatic rings. The Bertz CT molecular complexity index is 1570. The third kappa shape index (κ3) is 5.90. The topological polar surface area (TPSA) is 146 Å². The molecule has 5 rings (SSSR count). The van der Waals surface area contributed by atoms with Gasteiger partial charge in [0.2, 0.25) is 21.9 Å². The van der Waals surface area contributed by atoms with Crippen molar-refractivity contribution in [2.24, 2.45) is 5.14 Å². The molecule has 5 N–H and O–H groups in total. The zero-order valence-electron chi connectivity index (χ0n) is 20.3. The van der Waals surface area contributed by atoms with E-state index in [1.807, 2.05) is 38.1 Å². The number of hydrogen-bond donors (Lipinski definition) is 3. The number of rotatable bonds is 7. The Kier molecular flexibility index (Phi) is 8.08. The Labute approximate surface area is 224 Å². The van der Waals surface area contributed by atoms with Gasteiger partial charge in [-0.05, 0) is 54.0 Å². The number of amides is 1. The minimum absolute atomic E-state index is 0.00346. The second-order valence-electron chi connectivity index (χ2n) is 8.19. The van der Waals surface area contributed by atoms with Crippen LogP contribution in [0.5, 0.6) is 0 Å². The van der Waals surface area contributed by atoms with Crippen molar-refractivity contribution in [2.45, 2.75) is 42.7 Å². The molecule has 1 aromatic heterocycles. The molecule has 0 atom stereocenters.